The molecule has 0 aliphatic rings. The molecule has 1 unspecified atom stereocenters. The molecule has 24 heavy (non-hydrogen) atoms. The fourth-order valence-electron chi connectivity index (χ4n) is 2.08. The Labute approximate surface area is 138 Å². The molecule has 0 fully saturated rings. The number of benzene rings is 2. The monoisotopic (exact) mass is 336 g/mol. The van der Waals surface area contributed by atoms with Crippen LogP contribution in [0.25, 0.3) is 0 Å². The third-order valence-electron chi connectivity index (χ3n) is 3.25. The fraction of sp³-hybridized carbons (Fsp3) is 0.235. The zero-order chi connectivity index (χ0) is 17.5. The van der Waals surface area contributed by atoms with Crippen molar-refractivity contribution in [2.24, 2.45) is 0 Å². The van der Waals surface area contributed by atoms with Gasteiger partial charge in [-0.15, -0.1) is 0 Å². The van der Waals surface area contributed by atoms with Crippen LogP contribution in [0.5, 0.6) is 5.75 Å². The summed E-state index contributed by atoms with van der Waals surface area (Å²) in [6.07, 6.45) is 0. The van der Waals surface area contributed by atoms with Crippen molar-refractivity contribution in [3.05, 3.63) is 54.1 Å². The van der Waals surface area contributed by atoms with E-state index in [9.17, 15) is 13.6 Å². The van der Waals surface area contributed by atoms with E-state index in [1.165, 1.54) is 18.2 Å². The highest BCUT2D eigenvalue weighted by Gasteiger charge is 2.16. The first-order valence-corrected chi connectivity index (χ1v) is 7.30. The van der Waals surface area contributed by atoms with E-state index >= 15 is 0 Å². The minimum Gasteiger partial charge on any atom is -0.433 e. The molecule has 2 rings (SSSR count). The van der Waals surface area contributed by atoms with Crippen LogP contribution in [-0.4, -0.2) is 23.7 Å². The summed E-state index contributed by atoms with van der Waals surface area (Å²) in [7, 11) is 0. The van der Waals surface area contributed by atoms with Crippen LogP contribution in [0, 0.1) is 0 Å². The number of aliphatic hydroxyl groups is 1. The molecule has 0 aliphatic carbocycles. The second-order valence-electron chi connectivity index (χ2n) is 5.09. The first kappa shape index (κ1) is 17.7. The summed E-state index contributed by atoms with van der Waals surface area (Å²) < 4.78 is 29.2. The van der Waals surface area contributed by atoms with Gasteiger partial charge in [-0.05, 0) is 36.8 Å². The lowest BCUT2D eigenvalue weighted by atomic mass is 10.2. The molecule has 1 amide bonds. The van der Waals surface area contributed by atoms with Gasteiger partial charge in [-0.2, -0.15) is 8.78 Å². The van der Waals surface area contributed by atoms with Crippen molar-refractivity contribution in [2.75, 3.05) is 10.6 Å². The van der Waals surface area contributed by atoms with Gasteiger partial charge in [-0.25, -0.2) is 0 Å². The fourth-order valence-corrected chi connectivity index (χ4v) is 2.08. The SMILES string of the molecule is CC(Nc1cccc(CO)c1)C(=O)Nc1ccccc1OC(F)F. The molecule has 5 nitrogen and oxygen atoms in total. The molecule has 0 radical (unpaired) electrons. The standard InChI is InChI=1S/C17H18F2N2O3/c1-11(20-13-6-4-5-12(9-13)10-22)16(23)21-14-7-2-3-8-15(14)24-17(18)19/h2-9,11,17,20,22H,10H2,1H3,(H,21,23). The normalized spacial score (nSPS) is 11.9. The summed E-state index contributed by atoms with van der Waals surface area (Å²) in [6.45, 7) is -1.44. The van der Waals surface area contributed by atoms with Gasteiger partial charge in [-0.3, -0.25) is 4.79 Å². The Hall–Kier alpha value is -2.67. The van der Waals surface area contributed by atoms with Gasteiger partial charge < -0.3 is 20.5 Å². The lowest BCUT2D eigenvalue weighted by Crippen LogP contribution is -2.32. The van der Waals surface area contributed by atoms with Gasteiger partial charge >= 0.3 is 6.61 Å². The van der Waals surface area contributed by atoms with Crippen LogP contribution in [-0.2, 0) is 11.4 Å². The molecule has 3 N–H and O–H groups in total. The number of carbonyl (C=O) groups is 1. The zero-order valence-corrected chi connectivity index (χ0v) is 13.0. The van der Waals surface area contributed by atoms with E-state index in [0.29, 0.717) is 11.3 Å². The largest absolute Gasteiger partial charge is 0.433 e. The number of aliphatic hydroxyl groups excluding tert-OH is 1. The van der Waals surface area contributed by atoms with Gasteiger partial charge in [0, 0.05) is 5.69 Å². The molecule has 2 aromatic rings. The third-order valence-corrected chi connectivity index (χ3v) is 3.25. The summed E-state index contributed by atoms with van der Waals surface area (Å²) in [5, 5.41) is 14.7. The maximum Gasteiger partial charge on any atom is 0.387 e. The van der Waals surface area contributed by atoms with Gasteiger partial charge in [0.1, 0.15) is 11.8 Å². The molecular formula is C17H18F2N2O3. The number of alkyl halides is 2. The van der Waals surface area contributed by atoms with Gasteiger partial charge in [0.15, 0.2) is 0 Å². The molecule has 128 valence electrons. The van der Waals surface area contributed by atoms with Gasteiger partial charge in [0.2, 0.25) is 5.91 Å². The first-order valence-electron chi connectivity index (χ1n) is 7.30. The lowest BCUT2D eigenvalue weighted by molar-refractivity contribution is -0.116. The van der Waals surface area contributed by atoms with E-state index in [-0.39, 0.29) is 18.0 Å². The predicted molar refractivity (Wildman–Crippen MR) is 87.2 cm³/mol. The molecule has 0 aliphatic heterocycles. The maximum absolute atomic E-state index is 12.4. The predicted octanol–water partition coefficient (Wildman–Crippen LogP) is 3.22. The van der Waals surface area contributed by atoms with E-state index in [1.54, 1.807) is 37.3 Å². The van der Waals surface area contributed by atoms with Crippen molar-refractivity contribution in [1.82, 2.24) is 0 Å². The number of para-hydroxylation sites is 2. The Morgan fingerprint density at radius 1 is 1.21 bits per heavy atom. The number of amides is 1. The van der Waals surface area contributed by atoms with Gasteiger partial charge in [0.05, 0.1) is 12.3 Å². The van der Waals surface area contributed by atoms with Crippen LogP contribution < -0.4 is 15.4 Å². The summed E-state index contributed by atoms with van der Waals surface area (Å²) >= 11 is 0. The van der Waals surface area contributed by atoms with E-state index in [4.69, 9.17) is 5.11 Å². The quantitative estimate of drug-likeness (QED) is 0.726. The minimum absolute atomic E-state index is 0.102. The lowest BCUT2D eigenvalue weighted by Gasteiger charge is -2.17. The number of hydrogen-bond donors (Lipinski definition) is 3. The van der Waals surface area contributed by atoms with Crippen LogP contribution in [0.1, 0.15) is 12.5 Å². The summed E-state index contributed by atoms with van der Waals surface area (Å²) in [6, 6.07) is 12.3. The number of hydrogen-bond acceptors (Lipinski definition) is 4. The van der Waals surface area contributed by atoms with Crippen LogP contribution in [0.2, 0.25) is 0 Å². The number of carbonyl (C=O) groups excluding carboxylic acids is 1. The van der Waals surface area contributed by atoms with Crippen molar-refractivity contribution in [3.63, 3.8) is 0 Å². The molecular weight excluding hydrogens is 318 g/mol. The number of ether oxygens (including phenoxy) is 1. The number of anilines is 2. The molecule has 0 heterocycles. The van der Waals surface area contributed by atoms with Crippen molar-refractivity contribution >= 4 is 17.3 Å². The molecule has 0 bridgehead atoms. The topological polar surface area (TPSA) is 70.6 Å². The van der Waals surface area contributed by atoms with Gasteiger partial charge in [0.25, 0.3) is 0 Å². The maximum atomic E-state index is 12.4. The molecule has 0 aromatic heterocycles. The van der Waals surface area contributed by atoms with E-state index < -0.39 is 18.6 Å². The highest BCUT2D eigenvalue weighted by Crippen LogP contribution is 2.25. The second-order valence-corrected chi connectivity index (χ2v) is 5.09. The minimum atomic E-state index is -2.97. The second kappa shape index (κ2) is 8.26. The third kappa shape index (κ3) is 4.92. The van der Waals surface area contributed by atoms with Crippen LogP contribution in [0.3, 0.4) is 0 Å². The van der Waals surface area contributed by atoms with Crippen LogP contribution in [0.15, 0.2) is 48.5 Å². The van der Waals surface area contributed by atoms with Crippen LogP contribution >= 0.6 is 0 Å². The van der Waals surface area contributed by atoms with E-state index in [1.807, 2.05) is 0 Å². The number of nitrogens with one attached hydrogen (secondary N) is 2. The van der Waals surface area contributed by atoms with E-state index in [0.717, 1.165) is 0 Å². The van der Waals surface area contributed by atoms with Crippen molar-refractivity contribution < 1.29 is 23.4 Å². The smallest absolute Gasteiger partial charge is 0.387 e. The average Bonchev–Trinajstić information content (AvgIpc) is 2.56. The van der Waals surface area contributed by atoms with Crippen molar-refractivity contribution in [3.8, 4) is 5.75 Å². The van der Waals surface area contributed by atoms with Crippen LogP contribution in [0.4, 0.5) is 20.2 Å². The summed E-state index contributed by atoms with van der Waals surface area (Å²) in [5.74, 6) is -0.509. The molecule has 1 atom stereocenters. The van der Waals surface area contributed by atoms with Crippen molar-refractivity contribution in [1.29, 1.82) is 0 Å². The summed E-state index contributed by atoms with van der Waals surface area (Å²) in [4.78, 5) is 12.2. The van der Waals surface area contributed by atoms with Gasteiger partial charge in [-0.1, -0.05) is 24.3 Å². The number of rotatable bonds is 7. The Morgan fingerprint density at radius 2 is 1.96 bits per heavy atom. The Morgan fingerprint density at radius 3 is 2.67 bits per heavy atom. The Balaban J connectivity index is 2.04. The Kier molecular flexibility index (Phi) is 6.08. The molecule has 7 heteroatoms. The highest BCUT2D eigenvalue weighted by molar-refractivity contribution is 5.97. The molecule has 0 spiro atoms. The first-order chi connectivity index (χ1) is 11.5. The zero-order valence-electron chi connectivity index (χ0n) is 13.0. The molecule has 0 saturated heterocycles. The summed E-state index contributed by atoms with van der Waals surface area (Å²) in [5.41, 5.74) is 1.55. The molecule has 0 saturated carbocycles. The Bertz CT molecular complexity index is 695. The average molecular weight is 336 g/mol. The number of halogens is 2. The van der Waals surface area contributed by atoms with Crippen molar-refractivity contribution in [2.45, 2.75) is 26.2 Å². The molecule has 2 aromatic carbocycles. The highest BCUT2D eigenvalue weighted by atomic mass is 19.3. The van der Waals surface area contributed by atoms with E-state index in [2.05, 4.69) is 15.4 Å².